The zero-order chi connectivity index (χ0) is 15.7. The third kappa shape index (κ3) is 2.67. The number of carbonyl (C=O) groups excluding carboxylic acids is 2. The van der Waals surface area contributed by atoms with Gasteiger partial charge < -0.3 is 15.0 Å². The van der Waals surface area contributed by atoms with Crippen molar-refractivity contribution in [2.24, 2.45) is 0 Å². The summed E-state index contributed by atoms with van der Waals surface area (Å²) in [6.07, 6.45) is 1.36. The number of benzene rings is 1. The molecular formula is C16H20N2O3S. The van der Waals surface area contributed by atoms with E-state index < -0.39 is 0 Å². The summed E-state index contributed by atoms with van der Waals surface area (Å²) in [5.74, 6) is 1.40. The summed E-state index contributed by atoms with van der Waals surface area (Å²) in [5.41, 5.74) is 0.721. The molecule has 0 aromatic heterocycles. The van der Waals surface area contributed by atoms with E-state index in [4.69, 9.17) is 4.74 Å². The topological polar surface area (TPSA) is 58.6 Å². The number of hydrogen-bond acceptors (Lipinski definition) is 4. The summed E-state index contributed by atoms with van der Waals surface area (Å²) in [6, 6.07) is 6.91. The molecule has 2 aliphatic heterocycles. The van der Waals surface area contributed by atoms with Gasteiger partial charge in [0, 0.05) is 17.9 Å². The van der Waals surface area contributed by atoms with Crippen LogP contribution in [0, 0.1) is 0 Å². The summed E-state index contributed by atoms with van der Waals surface area (Å²) in [7, 11) is 0. The zero-order valence-corrected chi connectivity index (χ0v) is 13.6. The SMILES string of the molecule is CCOc1ccc(NC(=O)[C@@H]2CS[C@@]3(C)CCC(=O)N23)cc1. The molecule has 5 nitrogen and oxygen atoms in total. The lowest BCUT2D eigenvalue weighted by atomic mass is 10.2. The van der Waals surface area contributed by atoms with Crippen LogP contribution in [0.4, 0.5) is 5.69 Å². The number of rotatable bonds is 4. The largest absolute Gasteiger partial charge is 0.494 e. The Hall–Kier alpha value is -1.69. The normalized spacial score (nSPS) is 26.9. The highest BCUT2D eigenvalue weighted by Crippen LogP contribution is 2.47. The predicted octanol–water partition coefficient (Wildman–Crippen LogP) is 2.48. The quantitative estimate of drug-likeness (QED) is 0.926. The van der Waals surface area contributed by atoms with Crippen LogP contribution in [0.2, 0.25) is 0 Å². The van der Waals surface area contributed by atoms with E-state index in [0.717, 1.165) is 17.9 Å². The second kappa shape index (κ2) is 5.83. The number of nitrogens with zero attached hydrogens (tertiary/aromatic N) is 1. The summed E-state index contributed by atoms with van der Waals surface area (Å²) in [5, 5.41) is 2.90. The lowest BCUT2D eigenvalue weighted by Crippen LogP contribution is -2.48. The number of hydrogen-bond donors (Lipinski definition) is 1. The van der Waals surface area contributed by atoms with Gasteiger partial charge in [0.25, 0.3) is 0 Å². The Morgan fingerprint density at radius 1 is 1.45 bits per heavy atom. The molecule has 6 heteroatoms. The zero-order valence-electron chi connectivity index (χ0n) is 12.8. The van der Waals surface area contributed by atoms with Gasteiger partial charge in [-0.1, -0.05) is 0 Å². The third-order valence-corrected chi connectivity index (χ3v) is 5.69. The minimum Gasteiger partial charge on any atom is -0.494 e. The van der Waals surface area contributed by atoms with Crippen molar-refractivity contribution in [3.8, 4) is 5.75 Å². The number of carbonyl (C=O) groups is 2. The molecule has 2 atom stereocenters. The van der Waals surface area contributed by atoms with Gasteiger partial charge in [-0.05, 0) is 44.5 Å². The van der Waals surface area contributed by atoms with Crippen LogP contribution >= 0.6 is 11.8 Å². The molecule has 2 fully saturated rings. The monoisotopic (exact) mass is 320 g/mol. The summed E-state index contributed by atoms with van der Waals surface area (Å²) in [6.45, 7) is 4.59. The van der Waals surface area contributed by atoms with Crippen molar-refractivity contribution in [2.45, 2.75) is 37.6 Å². The molecule has 1 N–H and O–H groups in total. The smallest absolute Gasteiger partial charge is 0.248 e. The van der Waals surface area contributed by atoms with Crippen LogP contribution in [0.5, 0.6) is 5.75 Å². The maximum atomic E-state index is 12.5. The molecule has 2 amide bonds. The number of anilines is 1. The van der Waals surface area contributed by atoms with Crippen LogP contribution in [0.3, 0.4) is 0 Å². The van der Waals surface area contributed by atoms with Crippen LogP contribution in [0.1, 0.15) is 26.7 Å². The number of fused-ring (bicyclic) bond motifs is 1. The van der Waals surface area contributed by atoms with E-state index in [2.05, 4.69) is 5.32 Å². The molecule has 118 valence electrons. The minimum atomic E-state index is -0.378. The average molecular weight is 320 g/mol. The standard InChI is InChI=1S/C16H20N2O3S/c1-3-21-12-6-4-11(5-7-12)17-15(20)13-10-22-16(2)9-8-14(19)18(13)16/h4-7,13H,3,8-10H2,1-2H3,(H,17,20)/t13-,16-/m0/s1. The summed E-state index contributed by atoms with van der Waals surface area (Å²) >= 11 is 1.70. The van der Waals surface area contributed by atoms with Crippen molar-refractivity contribution in [1.29, 1.82) is 0 Å². The highest BCUT2D eigenvalue weighted by atomic mass is 32.2. The Balaban J connectivity index is 1.68. The van der Waals surface area contributed by atoms with Crippen molar-refractivity contribution >= 4 is 29.3 Å². The van der Waals surface area contributed by atoms with E-state index in [-0.39, 0.29) is 22.7 Å². The Kier molecular flexibility index (Phi) is 4.04. The van der Waals surface area contributed by atoms with Crippen LogP contribution in [0.15, 0.2) is 24.3 Å². The first kappa shape index (κ1) is 15.2. The fraction of sp³-hybridized carbons (Fsp3) is 0.500. The molecule has 2 aliphatic rings. The van der Waals surface area contributed by atoms with Gasteiger partial charge in [0.2, 0.25) is 11.8 Å². The highest BCUT2D eigenvalue weighted by molar-refractivity contribution is 8.01. The molecule has 22 heavy (non-hydrogen) atoms. The van der Waals surface area contributed by atoms with Crippen LogP contribution in [-0.2, 0) is 9.59 Å². The van der Waals surface area contributed by atoms with E-state index in [9.17, 15) is 9.59 Å². The molecule has 0 unspecified atom stereocenters. The molecule has 2 heterocycles. The van der Waals surface area contributed by atoms with E-state index in [1.165, 1.54) is 0 Å². The molecule has 0 radical (unpaired) electrons. The lowest BCUT2D eigenvalue weighted by Gasteiger charge is -2.29. The Morgan fingerprint density at radius 2 is 2.18 bits per heavy atom. The van der Waals surface area contributed by atoms with Crippen molar-refractivity contribution in [3.63, 3.8) is 0 Å². The van der Waals surface area contributed by atoms with Crippen molar-refractivity contribution in [3.05, 3.63) is 24.3 Å². The van der Waals surface area contributed by atoms with Gasteiger partial charge in [0.05, 0.1) is 11.5 Å². The first-order valence-electron chi connectivity index (χ1n) is 7.53. The maximum Gasteiger partial charge on any atom is 0.248 e. The number of thioether (sulfide) groups is 1. The number of nitrogens with one attached hydrogen (secondary N) is 1. The lowest BCUT2D eigenvalue weighted by molar-refractivity contribution is -0.135. The van der Waals surface area contributed by atoms with Gasteiger partial charge in [0.1, 0.15) is 11.8 Å². The van der Waals surface area contributed by atoms with Crippen LogP contribution < -0.4 is 10.1 Å². The van der Waals surface area contributed by atoms with Gasteiger partial charge in [-0.3, -0.25) is 9.59 Å². The fourth-order valence-electron chi connectivity index (χ4n) is 3.04. The molecule has 0 aliphatic carbocycles. The number of amides is 2. The van der Waals surface area contributed by atoms with Gasteiger partial charge in [-0.2, -0.15) is 0 Å². The molecule has 0 bridgehead atoms. The predicted molar refractivity (Wildman–Crippen MR) is 87.0 cm³/mol. The summed E-state index contributed by atoms with van der Waals surface area (Å²) in [4.78, 5) is 26.1. The van der Waals surface area contributed by atoms with Gasteiger partial charge in [0.15, 0.2) is 0 Å². The van der Waals surface area contributed by atoms with Gasteiger partial charge >= 0.3 is 0 Å². The van der Waals surface area contributed by atoms with Gasteiger partial charge in [-0.15, -0.1) is 11.8 Å². The third-order valence-electron chi connectivity index (χ3n) is 4.18. The van der Waals surface area contributed by atoms with Crippen molar-refractivity contribution in [1.82, 2.24) is 4.90 Å². The Bertz CT molecular complexity index is 590. The number of ether oxygens (including phenoxy) is 1. The average Bonchev–Trinajstić information content (AvgIpc) is 2.98. The highest BCUT2D eigenvalue weighted by Gasteiger charge is 2.52. The first-order chi connectivity index (χ1) is 10.5. The van der Waals surface area contributed by atoms with Crippen LogP contribution in [0.25, 0.3) is 0 Å². The molecule has 3 rings (SSSR count). The van der Waals surface area contributed by atoms with Gasteiger partial charge in [-0.25, -0.2) is 0 Å². The Morgan fingerprint density at radius 3 is 2.86 bits per heavy atom. The molecule has 1 aromatic rings. The Labute approximate surface area is 134 Å². The van der Waals surface area contributed by atoms with Crippen molar-refractivity contribution < 1.29 is 14.3 Å². The second-order valence-corrected chi connectivity index (χ2v) is 7.21. The molecule has 0 saturated carbocycles. The molecule has 1 aromatic carbocycles. The van der Waals surface area contributed by atoms with E-state index in [1.54, 1.807) is 16.7 Å². The maximum absolute atomic E-state index is 12.5. The minimum absolute atomic E-state index is 0.0827. The van der Waals surface area contributed by atoms with Crippen LogP contribution in [-0.4, -0.2) is 40.0 Å². The van der Waals surface area contributed by atoms with E-state index in [1.807, 2.05) is 38.1 Å². The summed E-state index contributed by atoms with van der Waals surface area (Å²) < 4.78 is 5.38. The second-order valence-electron chi connectivity index (χ2n) is 5.71. The molecule has 0 spiro atoms. The molecular weight excluding hydrogens is 300 g/mol. The fourth-order valence-corrected chi connectivity index (χ4v) is 4.47. The van der Waals surface area contributed by atoms with E-state index in [0.29, 0.717) is 18.8 Å². The van der Waals surface area contributed by atoms with Crippen molar-refractivity contribution in [2.75, 3.05) is 17.7 Å². The first-order valence-corrected chi connectivity index (χ1v) is 8.52. The van der Waals surface area contributed by atoms with E-state index >= 15 is 0 Å². The molecule has 2 saturated heterocycles.